The van der Waals surface area contributed by atoms with Crippen molar-refractivity contribution in [3.8, 4) is 5.95 Å². The summed E-state index contributed by atoms with van der Waals surface area (Å²) >= 11 is 0. The molecule has 2 aromatic heterocycles. The molecule has 0 aliphatic carbocycles. The van der Waals surface area contributed by atoms with Crippen LogP contribution in [0.3, 0.4) is 0 Å². The fraction of sp³-hybridized carbons (Fsp3) is 0.483. The van der Waals surface area contributed by atoms with E-state index < -0.39 is 12.2 Å². The van der Waals surface area contributed by atoms with E-state index >= 15 is 0 Å². The van der Waals surface area contributed by atoms with Crippen molar-refractivity contribution in [2.24, 2.45) is 5.73 Å². The number of anilines is 2. The molecule has 0 saturated carbocycles. The molecule has 42 heavy (non-hydrogen) atoms. The molecule has 224 valence electrons. The average molecular weight is 582 g/mol. The molecule has 2 aliphatic rings. The summed E-state index contributed by atoms with van der Waals surface area (Å²) in [5, 5.41) is 0. The Hall–Kier alpha value is -3.97. The molecule has 1 atom stereocenters. The number of benzene rings is 1. The average Bonchev–Trinajstić information content (AvgIpc) is 3.41. The Morgan fingerprint density at radius 1 is 0.929 bits per heavy atom. The van der Waals surface area contributed by atoms with Gasteiger partial charge in [0, 0.05) is 51.7 Å². The SMILES string of the molecule is C/C=C\C(=C/C)C[C@H](N)CC(=O)N1CCN(c2nc(N3CCOCC3)nc(-n3c(C(F)F)nc4ccccc43)n2)CC1. The van der Waals surface area contributed by atoms with E-state index in [1.807, 2.05) is 46.8 Å². The summed E-state index contributed by atoms with van der Waals surface area (Å²) in [6.07, 6.45) is 4.04. The number of ether oxygens (including phenoxy) is 1. The number of hydrogen-bond donors (Lipinski definition) is 1. The number of carbonyl (C=O) groups excluding carboxylic acids is 1. The van der Waals surface area contributed by atoms with Gasteiger partial charge in [0.15, 0.2) is 5.82 Å². The number of morpholine rings is 1. The molecule has 0 bridgehead atoms. The molecule has 0 spiro atoms. The quantitative estimate of drug-likeness (QED) is 0.380. The van der Waals surface area contributed by atoms with E-state index in [1.165, 1.54) is 4.57 Å². The zero-order chi connectivity index (χ0) is 29.6. The van der Waals surface area contributed by atoms with Crippen molar-refractivity contribution in [1.29, 1.82) is 0 Å². The normalized spacial score (nSPS) is 17.6. The van der Waals surface area contributed by atoms with Gasteiger partial charge in [-0.05, 0) is 32.4 Å². The Morgan fingerprint density at radius 2 is 1.57 bits per heavy atom. The van der Waals surface area contributed by atoms with Gasteiger partial charge >= 0.3 is 0 Å². The van der Waals surface area contributed by atoms with E-state index in [4.69, 9.17) is 15.5 Å². The lowest BCUT2D eigenvalue weighted by Gasteiger charge is -2.36. The Balaban J connectivity index is 1.38. The van der Waals surface area contributed by atoms with Crippen LogP contribution in [0.2, 0.25) is 0 Å². The lowest BCUT2D eigenvalue weighted by molar-refractivity contribution is -0.131. The Bertz CT molecular complexity index is 1440. The van der Waals surface area contributed by atoms with Crippen molar-refractivity contribution >= 4 is 28.8 Å². The van der Waals surface area contributed by atoms with Gasteiger partial charge in [0.2, 0.25) is 23.8 Å². The number of alkyl halides is 2. The predicted octanol–water partition coefficient (Wildman–Crippen LogP) is 3.26. The van der Waals surface area contributed by atoms with Gasteiger partial charge in [-0.1, -0.05) is 35.9 Å². The Kier molecular flexibility index (Phi) is 9.38. The summed E-state index contributed by atoms with van der Waals surface area (Å²) in [5.74, 6) is 0.420. The first-order valence-corrected chi connectivity index (χ1v) is 14.3. The topological polar surface area (TPSA) is 119 Å². The fourth-order valence-electron chi connectivity index (χ4n) is 5.27. The number of rotatable bonds is 9. The number of para-hydroxylation sites is 2. The van der Waals surface area contributed by atoms with Crippen molar-refractivity contribution in [3.63, 3.8) is 0 Å². The van der Waals surface area contributed by atoms with Crippen LogP contribution < -0.4 is 15.5 Å². The minimum atomic E-state index is -2.83. The maximum atomic E-state index is 14.2. The smallest absolute Gasteiger partial charge is 0.296 e. The van der Waals surface area contributed by atoms with Gasteiger partial charge in [0.1, 0.15) is 0 Å². The van der Waals surface area contributed by atoms with Gasteiger partial charge in [0.05, 0.1) is 24.2 Å². The monoisotopic (exact) mass is 581 g/mol. The lowest BCUT2D eigenvalue weighted by Crippen LogP contribution is -2.50. The molecular formula is C29H37F2N9O2. The maximum Gasteiger partial charge on any atom is 0.296 e. The number of allylic oxidation sites excluding steroid dienone is 3. The standard InChI is InChI=1S/C29H37F2N9O2/c1-3-7-20(4-2)18-21(32)19-24(41)37-10-12-38(13-11-37)27-34-28(39-14-16-42-17-15-39)36-29(35-27)40-23-9-6-5-8-22(23)33-26(40)25(30)31/h3-9,21,25H,10-19,32H2,1-2H3/b7-3-,20-4+/t21-/m0/s1. The molecule has 2 fully saturated rings. The highest BCUT2D eigenvalue weighted by molar-refractivity contribution is 5.78. The molecule has 3 aromatic rings. The van der Waals surface area contributed by atoms with Crippen LogP contribution in [0.25, 0.3) is 17.0 Å². The summed E-state index contributed by atoms with van der Waals surface area (Å²) in [7, 11) is 0. The second-order valence-corrected chi connectivity index (χ2v) is 10.3. The van der Waals surface area contributed by atoms with Gasteiger partial charge in [-0.25, -0.2) is 13.8 Å². The Morgan fingerprint density at radius 3 is 2.21 bits per heavy atom. The zero-order valence-electron chi connectivity index (χ0n) is 24.0. The molecule has 11 nitrogen and oxygen atoms in total. The van der Waals surface area contributed by atoms with Crippen LogP contribution in [0.15, 0.2) is 48.1 Å². The third-order valence-electron chi connectivity index (χ3n) is 7.48. The molecule has 13 heteroatoms. The van der Waals surface area contributed by atoms with E-state index in [-0.39, 0.29) is 24.3 Å². The van der Waals surface area contributed by atoms with Gasteiger partial charge in [0.25, 0.3) is 6.43 Å². The number of fused-ring (bicyclic) bond motifs is 1. The van der Waals surface area contributed by atoms with Crippen LogP contribution in [0.1, 0.15) is 38.9 Å². The highest BCUT2D eigenvalue weighted by Crippen LogP contribution is 2.28. The zero-order valence-corrected chi connectivity index (χ0v) is 24.0. The Labute approximate surface area is 243 Å². The summed E-state index contributed by atoms with van der Waals surface area (Å²) < 4.78 is 35.1. The molecule has 5 rings (SSSR count). The lowest BCUT2D eigenvalue weighted by atomic mass is 10.0. The minimum absolute atomic E-state index is 0.00915. The molecule has 4 heterocycles. The number of hydrogen-bond acceptors (Lipinski definition) is 9. The van der Waals surface area contributed by atoms with Crippen LogP contribution in [0.4, 0.5) is 20.7 Å². The predicted molar refractivity (Wildman–Crippen MR) is 157 cm³/mol. The van der Waals surface area contributed by atoms with Gasteiger partial charge in [-0.3, -0.25) is 9.36 Å². The molecule has 1 aromatic carbocycles. The van der Waals surface area contributed by atoms with Crippen molar-refractivity contribution in [2.75, 3.05) is 62.3 Å². The van der Waals surface area contributed by atoms with Crippen molar-refractivity contribution in [1.82, 2.24) is 29.4 Å². The summed E-state index contributed by atoms with van der Waals surface area (Å²) in [4.78, 5) is 37.0. The van der Waals surface area contributed by atoms with Crippen molar-refractivity contribution in [3.05, 3.63) is 53.9 Å². The first kappa shape index (κ1) is 29.5. The number of aromatic nitrogens is 5. The number of nitrogens with zero attached hydrogens (tertiary/aromatic N) is 8. The van der Waals surface area contributed by atoms with Gasteiger partial charge in [-0.2, -0.15) is 15.0 Å². The van der Waals surface area contributed by atoms with E-state index in [1.54, 1.807) is 24.3 Å². The second kappa shape index (κ2) is 13.3. The number of amides is 1. The number of nitrogens with two attached hydrogens (primary N) is 1. The largest absolute Gasteiger partial charge is 0.378 e. The van der Waals surface area contributed by atoms with E-state index in [9.17, 15) is 13.6 Å². The van der Waals surface area contributed by atoms with Crippen molar-refractivity contribution in [2.45, 2.75) is 39.2 Å². The second-order valence-electron chi connectivity index (χ2n) is 10.3. The summed E-state index contributed by atoms with van der Waals surface area (Å²) in [5.41, 5.74) is 8.31. The number of piperazine rings is 1. The highest BCUT2D eigenvalue weighted by atomic mass is 19.3. The number of imidazole rings is 1. The first-order valence-electron chi connectivity index (χ1n) is 14.3. The molecule has 1 amide bonds. The molecule has 0 unspecified atom stereocenters. The third-order valence-corrected chi connectivity index (χ3v) is 7.48. The van der Waals surface area contributed by atoms with E-state index in [0.29, 0.717) is 81.8 Å². The number of carbonyl (C=O) groups is 1. The van der Waals surface area contributed by atoms with E-state index in [2.05, 4.69) is 15.0 Å². The molecule has 2 saturated heterocycles. The van der Waals surface area contributed by atoms with E-state index in [0.717, 1.165) is 5.57 Å². The number of halogens is 2. The minimum Gasteiger partial charge on any atom is -0.378 e. The van der Waals surface area contributed by atoms with Crippen molar-refractivity contribution < 1.29 is 18.3 Å². The molecule has 2 N–H and O–H groups in total. The molecule has 0 radical (unpaired) electrons. The van der Waals surface area contributed by atoms with Crippen LogP contribution in [0, 0.1) is 0 Å². The van der Waals surface area contributed by atoms with Gasteiger partial charge in [-0.15, -0.1) is 0 Å². The summed E-state index contributed by atoms with van der Waals surface area (Å²) in [6.45, 7) is 8.00. The first-order chi connectivity index (χ1) is 20.4. The third kappa shape index (κ3) is 6.57. The molecule has 2 aliphatic heterocycles. The van der Waals surface area contributed by atoms with Crippen LogP contribution in [-0.2, 0) is 9.53 Å². The van der Waals surface area contributed by atoms with Crippen LogP contribution in [0.5, 0.6) is 0 Å². The molecular weight excluding hydrogens is 544 g/mol. The fourth-order valence-corrected chi connectivity index (χ4v) is 5.27. The van der Waals surface area contributed by atoms with Crippen LogP contribution in [-0.4, -0.2) is 93.8 Å². The summed E-state index contributed by atoms with van der Waals surface area (Å²) in [6, 6.07) is 6.66. The van der Waals surface area contributed by atoms with Crippen LogP contribution >= 0.6 is 0 Å². The van der Waals surface area contributed by atoms with Gasteiger partial charge < -0.3 is 25.2 Å². The highest BCUT2D eigenvalue weighted by Gasteiger charge is 2.28. The maximum absolute atomic E-state index is 14.2.